The highest BCUT2D eigenvalue weighted by Crippen LogP contribution is 2.22. The van der Waals surface area contributed by atoms with Crippen molar-refractivity contribution in [1.29, 1.82) is 0 Å². The first-order valence-electron chi connectivity index (χ1n) is 11.0. The molecular weight excluding hydrogens is 512 g/mol. The van der Waals surface area contributed by atoms with Crippen molar-refractivity contribution in [3.63, 3.8) is 0 Å². The van der Waals surface area contributed by atoms with Crippen LogP contribution in [0.2, 0.25) is 0 Å². The average Bonchev–Trinajstić information content (AvgIpc) is 2.79. The minimum Gasteiger partial charge on any atom is -0.469 e. The summed E-state index contributed by atoms with van der Waals surface area (Å²) < 4.78 is 17.5. The van der Waals surface area contributed by atoms with E-state index in [0.29, 0.717) is 18.6 Å². The van der Waals surface area contributed by atoms with Gasteiger partial charge >= 0.3 is 11.9 Å². The Hall–Kier alpha value is -1.80. The van der Waals surface area contributed by atoms with Crippen LogP contribution in [0.25, 0.3) is 0 Å². The smallest absolute Gasteiger partial charge is 0.305 e. The number of carbonyl (C=O) groups is 4. The highest BCUT2D eigenvalue weighted by atomic mass is 16.5. The number of ether oxygens (including phenoxy) is 4. The SMILES string of the molecule is C.C.C.C.C.C.C.C.CCC(=O)OC.CCC(=O)OC.CCCC(=O)C(C)(C)CC.CCOC.COCC(C)=O. The molecule has 8 heteroatoms. The molecule has 0 aliphatic heterocycles. The molecule has 0 bridgehead atoms. The number of ketones is 2. The second-order valence-corrected chi connectivity index (χ2v) is 6.98. The van der Waals surface area contributed by atoms with Crippen LogP contribution in [0.3, 0.4) is 0 Å². The summed E-state index contributed by atoms with van der Waals surface area (Å²) in [5, 5.41) is 0. The van der Waals surface area contributed by atoms with Crippen LogP contribution >= 0.6 is 0 Å². The summed E-state index contributed by atoms with van der Waals surface area (Å²) in [5.41, 5.74) is -0.0873. The van der Waals surface area contributed by atoms with Gasteiger partial charge in [-0.05, 0) is 26.7 Å². The van der Waals surface area contributed by atoms with Crippen LogP contribution < -0.4 is 0 Å². The van der Waals surface area contributed by atoms with Gasteiger partial charge in [0.25, 0.3) is 0 Å². The molecular formula is C32H82O8. The van der Waals surface area contributed by atoms with Crippen LogP contribution in [-0.4, -0.2) is 65.2 Å². The first-order valence-corrected chi connectivity index (χ1v) is 11.0. The number of hydrogen-bond donors (Lipinski definition) is 0. The van der Waals surface area contributed by atoms with Crippen molar-refractivity contribution in [3.8, 4) is 0 Å². The Kier molecular flexibility index (Phi) is 137. The molecule has 0 aromatic rings. The van der Waals surface area contributed by atoms with Crippen LogP contribution in [0.15, 0.2) is 0 Å². The van der Waals surface area contributed by atoms with Crippen LogP contribution in [0.5, 0.6) is 0 Å². The quantitative estimate of drug-likeness (QED) is 0.243. The maximum absolute atomic E-state index is 11.3. The third-order valence-corrected chi connectivity index (χ3v) is 3.78. The predicted octanol–water partition coefficient (Wildman–Crippen LogP) is 9.89. The summed E-state index contributed by atoms with van der Waals surface area (Å²) in [7, 11) is 5.94. The molecule has 0 saturated carbocycles. The first-order chi connectivity index (χ1) is 14.8. The van der Waals surface area contributed by atoms with Gasteiger partial charge in [0.05, 0.1) is 14.2 Å². The second kappa shape index (κ2) is 65.9. The van der Waals surface area contributed by atoms with E-state index in [1.807, 2.05) is 27.7 Å². The summed E-state index contributed by atoms with van der Waals surface area (Å²) in [6.45, 7) is 16.2. The van der Waals surface area contributed by atoms with E-state index >= 15 is 0 Å². The van der Waals surface area contributed by atoms with Crippen LogP contribution in [0.4, 0.5) is 0 Å². The summed E-state index contributed by atoms with van der Waals surface area (Å²) >= 11 is 0. The molecule has 0 amide bonds. The molecule has 0 unspecified atom stereocenters. The van der Waals surface area contributed by atoms with Gasteiger partial charge in [-0.25, -0.2) is 0 Å². The summed E-state index contributed by atoms with van der Waals surface area (Å²) in [6.07, 6.45) is 3.60. The van der Waals surface area contributed by atoms with E-state index < -0.39 is 0 Å². The first kappa shape index (κ1) is 83.2. The van der Waals surface area contributed by atoms with Crippen LogP contribution in [0, 0.1) is 5.41 Å². The minimum atomic E-state index is -0.157. The molecule has 0 fully saturated rings. The average molecular weight is 595 g/mol. The van der Waals surface area contributed by atoms with Crippen molar-refractivity contribution >= 4 is 23.5 Å². The fourth-order valence-electron chi connectivity index (χ4n) is 1.25. The van der Waals surface area contributed by atoms with Crippen LogP contribution in [-0.2, 0) is 38.1 Å². The Balaban J connectivity index is -0.0000000202. The summed E-state index contributed by atoms with van der Waals surface area (Å²) in [6, 6.07) is 0. The molecule has 0 radical (unpaired) electrons. The van der Waals surface area contributed by atoms with Gasteiger partial charge in [-0.1, -0.05) is 101 Å². The third kappa shape index (κ3) is 91.0. The maximum Gasteiger partial charge on any atom is 0.305 e. The lowest BCUT2D eigenvalue weighted by molar-refractivity contribution is -0.141. The van der Waals surface area contributed by atoms with Gasteiger partial charge in [-0.3, -0.25) is 19.2 Å². The topological polar surface area (TPSA) is 105 Å². The largest absolute Gasteiger partial charge is 0.469 e. The van der Waals surface area contributed by atoms with Crippen molar-refractivity contribution in [2.45, 2.75) is 147 Å². The van der Waals surface area contributed by atoms with Gasteiger partial charge in [-0.2, -0.15) is 0 Å². The monoisotopic (exact) mass is 595 g/mol. The Morgan fingerprint density at radius 1 is 0.600 bits per heavy atom. The third-order valence-electron chi connectivity index (χ3n) is 3.78. The Morgan fingerprint density at radius 2 is 0.900 bits per heavy atom. The highest BCUT2D eigenvalue weighted by Gasteiger charge is 2.23. The Morgan fingerprint density at radius 3 is 0.975 bits per heavy atom. The van der Waals surface area contributed by atoms with Gasteiger partial charge in [0.1, 0.15) is 12.4 Å². The Labute approximate surface area is 255 Å². The number of hydrogen-bond acceptors (Lipinski definition) is 8. The fraction of sp³-hybridized carbons (Fsp3) is 0.875. The Bertz CT molecular complexity index is 418. The van der Waals surface area contributed by atoms with Crippen molar-refractivity contribution in [1.82, 2.24) is 0 Å². The molecule has 40 heavy (non-hydrogen) atoms. The lowest BCUT2D eigenvalue weighted by Crippen LogP contribution is -2.22. The molecule has 0 N–H and O–H groups in total. The molecule has 0 aliphatic rings. The molecule has 258 valence electrons. The van der Waals surface area contributed by atoms with E-state index in [1.54, 1.807) is 21.0 Å². The molecule has 0 atom stereocenters. The zero-order valence-electron chi connectivity index (χ0n) is 22.7. The van der Waals surface area contributed by atoms with E-state index in [-0.39, 0.29) is 89.2 Å². The number of methoxy groups -OCH3 is 4. The van der Waals surface area contributed by atoms with Gasteiger partial charge in [0.2, 0.25) is 0 Å². The molecule has 0 saturated heterocycles. The number of carbonyl (C=O) groups excluding carboxylic acids is 4. The van der Waals surface area contributed by atoms with Crippen molar-refractivity contribution in [2.75, 3.05) is 41.7 Å². The predicted molar refractivity (Wildman–Crippen MR) is 183 cm³/mol. The second-order valence-electron chi connectivity index (χ2n) is 6.98. The van der Waals surface area contributed by atoms with E-state index in [9.17, 15) is 19.2 Å². The zero-order chi connectivity index (χ0) is 26.6. The standard InChI is InChI=1S/C9H18O.3C4H8O2.C3H8O.8CH4/c1-5-7-8(10)9(3,4)6-2;1-4(5)3-6-2;2*1-3-4(5)6-2;1-3-4-2;;;;;;;;/h5-7H2,1-4H3;3*3H2,1-2H3;3H2,1-2H3;8*1H4. The van der Waals surface area contributed by atoms with Gasteiger partial charge in [-0.15, -0.1) is 0 Å². The normalized spacial score (nSPS) is 7.20. The molecule has 0 heterocycles. The van der Waals surface area contributed by atoms with Crippen molar-refractivity contribution in [3.05, 3.63) is 0 Å². The fourth-order valence-corrected chi connectivity index (χ4v) is 1.25. The molecule has 0 rings (SSSR count). The summed E-state index contributed by atoms with van der Waals surface area (Å²) in [5.74, 6) is 0.153. The van der Waals surface area contributed by atoms with E-state index in [0.717, 1.165) is 25.9 Å². The minimum absolute atomic E-state index is 0. The molecule has 8 nitrogen and oxygen atoms in total. The zero-order valence-corrected chi connectivity index (χ0v) is 22.7. The van der Waals surface area contributed by atoms with Crippen LogP contribution in [0.1, 0.15) is 147 Å². The lowest BCUT2D eigenvalue weighted by atomic mass is 9.83. The summed E-state index contributed by atoms with van der Waals surface area (Å²) in [4.78, 5) is 41.1. The number of rotatable bonds is 9. The highest BCUT2D eigenvalue weighted by molar-refractivity contribution is 5.83. The van der Waals surface area contributed by atoms with E-state index in [2.05, 4.69) is 25.9 Å². The number of esters is 2. The van der Waals surface area contributed by atoms with E-state index in [1.165, 1.54) is 28.3 Å². The van der Waals surface area contributed by atoms with Gasteiger partial charge in [0, 0.05) is 45.5 Å². The number of Topliss-reactive ketones (excluding diaryl/α,β-unsaturated/α-hetero) is 2. The van der Waals surface area contributed by atoms with Gasteiger partial charge in [0.15, 0.2) is 5.78 Å². The van der Waals surface area contributed by atoms with Crippen molar-refractivity contribution in [2.24, 2.45) is 5.41 Å². The molecule has 0 aliphatic carbocycles. The van der Waals surface area contributed by atoms with Gasteiger partial charge < -0.3 is 18.9 Å². The van der Waals surface area contributed by atoms with Crippen molar-refractivity contribution < 1.29 is 38.1 Å². The molecule has 0 aromatic heterocycles. The molecule has 0 aromatic carbocycles. The lowest BCUT2D eigenvalue weighted by Gasteiger charge is -2.19. The maximum atomic E-state index is 11.3. The van der Waals surface area contributed by atoms with E-state index in [4.69, 9.17) is 0 Å². The molecule has 0 spiro atoms.